The minimum atomic E-state index is -0.776. The van der Waals surface area contributed by atoms with Gasteiger partial charge in [-0.3, -0.25) is 9.59 Å². The van der Waals surface area contributed by atoms with Crippen molar-refractivity contribution < 1.29 is 14.0 Å². The van der Waals surface area contributed by atoms with E-state index in [0.29, 0.717) is 41.7 Å². The first-order chi connectivity index (χ1) is 11.5. The van der Waals surface area contributed by atoms with Gasteiger partial charge in [0.25, 0.3) is 0 Å². The number of hydrogen-bond donors (Lipinski definition) is 3. The van der Waals surface area contributed by atoms with Crippen LogP contribution in [0.2, 0.25) is 0 Å². The van der Waals surface area contributed by atoms with Crippen LogP contribution >= 0.6 is 23.7 Å². The molecule has 136 valence electrons. The number of furan rings is 1. The summed E-state index contributed by atoms with van der Waals surface area (Å²) < 4.78 is 5.65. The largest absolute Gasteiger partial charge is 0.458 e. The molecule has 2 heterocycles. The minimum absolute atomic E-state index is 0. The lowest BCUT2D eigenvalue weighted by molar-refractivity contribution is -0.121. The average Bonchev–Trinajstić information content (AvgIpc) is 3.25. The summed E-state index contributed by atoms with van der Waals surface area (Å²) >= 11 is 1.33. The smallest absolute Gasteiger partial charge is 0.246 e. The quantitative estimate of drug-likeness (QED) is 0.734. The number of thiazole rings is 1. The Morgan fingerprint density at radius 3 is 2.76 bits per heavy atom. The van der Waals surface area contributed by atoms with Gasteiger partial charge in [0, 0.05) is 12.3 Å². The zero-order valence-corrected chi connectivity index (χ0v) is 15.5. The standard InChI is InChI=1S/C16H20N4O3S.ClH/c1-10(21)18-8-11-4-5-13(23-11)12-9-24-15(19-12)20-14(22)16(17)6-2-3-7-16;/h4-5,9H,2-3,6-8,17H2,1H3,(H,18,21)(H,19,20,22);1H. The van der Waals surface area contributed by atoms with Crippen molar-refractivity contribution in [2.75, 3.05) is 5.32 Å². The number of amides is 2. The molecule has 1 aliphatic carbocycles. The second-order valence-electron chi connectivity index (χ2n) is 6.03. The zero-order valence-electron chi connectivity index (χ0n) is 13.8. The first kappa shape index (κ1) is 19.4. The molecule has 0 atom stereocenters. The molecule has 2 aromatic heterocycles. The third-order valence-electron chi connectivity index (χ3n) is 4.10. The van der Waals surface area contributed by atoms with Crippen LogP contribution < -0.4 is 16.4 Å². The average molecular weight is 385 g/mol. The molecule has 25 heavy (non-hydrogen) atoms. The molecule has 0 aromatic carbocycles. The minimum Gasteiger partial charge on any atom is -0.458 e. The molecule has 0 saturated heterocycles. The Hall–Kier alpha value is -1.90. The maximum Gasteiger partial charge on any atom is 0.246 e. The van der Waals surface area contributed by atoms with Crippen LogP contribution in [0.1, 0.15) is 38.4 Å². The van der Waals surface area contributed by atoms with E-state index in [9.17, 15) is 9.59 Å². The number of rotatable bonds is 5. The van der Waals surface area contributed by atoms with E-state index in [0.717, 1.165) is 12.8 Å². The normalized spacial score (nSPS) is 15.4. The fourth-order valence-electron chi connectivity index (χ4n) is 2.72. The number of aromatic nitrogens is 1. The van der Waals surface area contributed by atoms with Crippen LogP contribution in [0, 0.1) is 0 Å². The lowest BCUT2D eigenvalue weighted by Gasteiger charge is -2.21. The van der Waals surface area contributed by atoms with Crippen molar-refractivity contribution in [3.05, 3.63) is 23.3 Å². The van der Waals surface area contributed by atoms with Crippen molar-refractivity contribution in [1.29, 1.82) is 0 Å². The Morgan fingerprint density at radius 2 is 2.08 bits per heavy atom. The van der Waals surface area contributed by atoms with E-state index < -0.39 is 5.54 Å². The van der Waals surface area contributed by atoms with Gasteiger partial charge in [-0.05, 0) is 25.0 Å². The predicted molar refractivity (Wildman–Crippen MR) is 98.6 cm³/mol. The van der Waals surface area contributed by atoms with Gasteiger partial charge in [0.2, 0.25) is 11.8 Å². The molecule has 1 saturated carbocycles. The molecule has 9 heteroatoms. The number of nitrogens with one attached hydrogen (secondary N) is 2. The molecule has 2 amide bonds. The van der Waals surface area contributed by atoms with Crippen molar-refractivity contribution in [1.82, 2.24) is 10.3 Å². The molecular weight excluding hydrogens is 364 g/mol. The van der Waals surface area contributed by atoms with Gasteiger partial charge in [0.1, 0.15) is 11.5 Å². The van der Waals surface area contributed by atoms with E-state index in [4.69, 9.17) is 10.2 Å². The highest BCUT2D eigenvalue weighted by Crippen LogP contribution is 2.30. The highest BCUT2D eigenvalue weighted by molar-refractivity contribution is 7.14. The molecule has 0 spiro atoms. The Bertz CT molecular complexity index is 752. The number of carbonyl (C=O) groups is 2. The summed E-state index contributed by atoms with van der Waals surface area (Å²) in [6.45, 7) is 1.78. The second kappa shape index (κ2) is 7.99. The SMILES string of the molecule is CC(=O)NCc1ccc(-c2csc(NC(=O)C3(N)CCCC3)n2)o1.Cl. The second-order valence-corrected chi connectivity index (χ2v) is 6.89. The topological polar surface area (TPSA) is 110 Å². The fraction of sp³-hybridized carbons (Fsp3) is 0.438. The molecule has 2 aromatic rings. The van der Waals surface area contributed by atoms with Gasteiger partial charge in [-0.1, -0.05) is 12.8 Å². The zero-order chi connectivity index (χ0) is 17.2. The van der Waals surface area contributed by atoms with Gasteiger partial charge in [-0.25, -0.2) is 4.98 Å². The molecule has 0 bridgehead atoms. The number of anilines is 1. The van der Waals surface area contributed by atoms with E-state index in [1.165, 1.54) is 18.3 Å². The van der Waals surface area contributed by atoms with Gasteiger partial charge in [0.05, 0.1) is 12.1 Å². The van der Waals surface area contributed by atoms with Gasteiger partial charge in [-0.2, -0.15) is 0 Å². The Kier molecular flexibility index (Phi) is 6.21. The molecule has 0 radical (unpaired) electrons. The molecule has 1 fully saturated rings. The van der Waals surface area contributed by atoms with Crippen LogP contribution in [-0.4, -0.2) is 22.3 Å². The molecular formula is C16H21ClN4O3S. The Morgan fingerprint density at radius 1 is 1.36 bits per heavy atom. The first-order valence-electron chi connectivity index (χ1n) is 7.86. The van der Waals surface area contributed by atoms with Gasteiger partial charge >= 0.3 is 0 Å². The summed E-state index contributed by atoms with van der Waals surface area (Å²) in [5, 5.41) is 7.80. The lowest BCUT2D eigenvalue weighted by atomic mass is 9.98. The number of nitrogens with zero attached hydrogens (tertiary/aromatic N) is 1. The highest BCUT2D eigenvalue weighted by atomic mass is 35.5. The third-order valence-corrected chi connectivity index (χ3v) is 4.86. The number of nitrogens with two attached hydrogens (primary N) is 1. The molecule has 3 rings (SSSR count). The van der Waals surface area contributed by atoms with Crippen LogP contribution in [0.5, 0.6) is 0 Å². The first-order valence-corrected chi connectivity index (χ1v) is 8.74. The van der Waals surface area contributed by atoms with Crippen LogP contribution in [0.25, 0.3) is 11.5 Å². The van der Waals surface area contributed by atoms with E-state index in [1.807, 2.05) is 5.38 Å². The van der Waals surface area contributed by atoms with Crippen molar-refractivity contribution in [2.24, 2.45) is 5.73 Å². The van der Waals surface area contributed by atoms with Crippen LogP contribution in [-0.2, 0) is 16.1 Å². The van der Waals surface area contributed by atoms with Crippen LogP contribution in [0.15, 0.2) is 21.9 Å². The third kappa shape index (κ3) is 4.59. The summed E-state index contributed by atoms with van der Waals surface area (Å²) in [4.78, 5) is 27.6. The molecule has 4 N–H and O–H groups in total. The number of hydrogen-bond acceptors (Lipinski definition) is 6. The molecule has 0 unspecified atom stereocenters. The van der Waals surface area contributed by atoms with Gasteiger partial charge in [0.15, 0.2) is 10.9 Å². The molecule has 7 nitrogen and oxygen atoms in total. The summed E-state index contributed by atoms with van der Waals surface area (Å²) in [5.41, 5.74) is 6.01. The molecule has 1 aliphatic rings. The Balaban J connectivity index is 0.00000225. The summed E-state index contributed by atoms with van der Waals surface area (Å²) in [6.07, 6.45) is 3.39. The lowest BCUT2D eigenvalue weighted by Crippen LogP contribution is -2.48. The highest BCUT2D eigenvalue weighted by Gasteiger charge is 2.37. The Labute approximate surface area is 155 Å². The monoisotopic (exact) mass is 384 g/mol. The van der Waals surface area contributed by atoms with Gasteiger partial charge < -0.3 is 20.8 Å². The van der Waals surface area contributed by atoms with Gasteiger partial charge in [-0.15, -0.1) is 23.7 Å². The number of carbonyl (C=O) groups excluding carboxylic acids is 2. The summed E-state index contributed by atoms with van der Waals surface area (Å²) in [7, 11) is 0. The van der Waals surface area contributed by atoms with E-state index in [-0.39, 0.29) is 24.2 Å². The van der Waals surface area contributed by atoms with Crippen LogP contribution in [0.4, 0.5) is 5.13 Å². The predicted octanol–water partition coefficient (Wildman–Crippen LogP) is 2.67. The van der Waals surface area contributed by atoms with E-state index >= 15 is 0 Å². The van der Waals surface area contributed by atoms with Crippen molar-refractivity contribution in [3.8, 4) is 11.5 Å². The molecule has 0 aliphatic heterocycles. The summed E-state index contributed by atoms with van der Waals surface area (Å²) in [6, 6.07) is 3.58. The fourth-order valence-corrected chi connectivity index (χ4v) is 3.42. The maximum absolute atomic E-state index is 12.3. The van der Waals surface area contributed by atoms with Crippen molar-refractivity contribution in [2.45, 2.75) is 44.7 Å². The van der Waals surface area contributed by atoms with E-state index in [1.54, 1.807) is 12.1 Å². The van der Waals surface area contributed by atoms with Crippen molar-refractivity contribution in [3.63, 3.8) is 0 Å². The van der Waals surface area contributed by atoms with Crippen LogP contribution in [0.3, 0.4) is 0 Å². The summed E-state index contributed by atoms with van der Waals surface area (Å²) in [5.74, 6) is 0.946. The maximum atomic E-state index is 12.3. The number of halogens is 1. The van der Waals surface area contributed by atoms with Crippen molar-refractivity contribution >= 4 is 40.7 Å². The van der Waals surface area contributed by atoms with E-state index in [2.05, 4.69) is 15.6 Å².